The molecule has 1 aromatic rings. The number of thioether (sulfide) groups is 1. The van der Waals surface area contributed by atoms with Crippen molar-refractivity contribution in [1.82, 2.24) is 10.2 Å². The van der Waals surface area contributed by atoms with Crippen molar-refractivity contribution in [3.05, 3.63) is 35.4 Å². The van der Waals surface area contributed by atoms with E-state index in [9.17, 15) is 4.79 Å². The van der Waals surface area contributed by atoms with Crippen LogP contribution in [0.1, 0.15) is 29.9 Å². The molecular formula is C17H26N2OS. The predicted octanol–water partition coefficient (Wildman–Crippen LogP) is 2.65. The van der Waals surface area contributed by atoms with Gasteiger partial charge in [0.1, 0.15) is 0 Å². The van der Waals surface area contributed by atoms with Crippen LogP contribution in [0.2, 0.25) is 0 Å². The lowest BCUT2D eigenvalue weighted by Gasteiger charge is -2.17. The first-order valence-electron chi connectivity index (χ1n) is 7.74. The Bertz CT molecular complexity index is 464. The monoisotopic (exact) mass is 306 g/mol. The minimum atomic E-state index is 0.180. The molecule has 1 fully saturated rings. The number of benzene rings is 1. The molecule has 4 heteroatoms. The van der Waals surface area contributed by atoms with Gasteiger partial charge in [0, 0.05) is 31.8 Å². The highest BCUT2D eigenvalue weighted by molar-refractivity contribution is 7.98. The van der Waals surface area contributed by atoms with Gasteiger partial charge in [0.2, 0.25) is 5.91 Å². The minimum Gasteiger partial charge on any atom is -0.355 e. The first kappa shape index (κ1) is 16.4. The number of nitrogens with zero attached hydrogens (tertiary/aromatic N) is 1. The zero-order valence-corrected chi connectivity index (χ0v) is 13.9. The minimum absolute atomic E-state index is 0.180. The van der Waals surface area contributed by atoms with Gasteiger partial charge < -0.3 is 10.2 Å². The highest BCUT2D eigenvalue weighted by atomic mass is 32.2. The van der Waals surface area contributed by atoms with Crippen LogP contribution in [0.25, 0.3) is 0 Å². The Morgan fingerprint density at radius 3 is 3.00 bits per heavy atom. The van der Waals surface area contributed by atoms with Crippen LogP contribution in [0.15, 0.2) is 24.3 Å². The van der Waals surface area contributed by atoms with Crippen LogP contribution in [0.5, 0.6) is 0 Å². The maximum absolute atomic E-state index is 11.6. The Kier molecular flexibility index (Phi) is 6.58. The number of likely N-dealkylation sites (tertiary alicyclic amines) is 1. The summed E-state index contributed by atoms with van der Waals surface area (Å²) >= 11 is 1.72. The zero-order valence-electron chi connectivity index (χ0n) is 13.1. The largest absolute Gasteiger partial charge is 0.355 e. The molecule has 1 amide bonds. The average molecular weight is 306 g/mol. The maximum atomic E-state index is 11.6. The molecule has 1 atom stereocenters. The van der Waals surface area contributed by atoms with Crippen molar-refractivity contribution < 1.29 is 4.79 Å². The van der Waals surface area contributed by atoms with Gasteiger partial charge in [-0.2, -0.15) is 11.8 Å². The molecule has 0 aromatic heterocycles. The Labute approximate surface area is 132 Å². The fourth-order valence-electron chi connectivity index (χ4n) is 2.97. The molecule has 1 aliphatic rings. The summed E-state index contributed by atoms with van der Waals surface area (Å²) < 4.78 is 0. The molecule has 1 aliphatic heterocycles. The first-order chi connectivity index (χ1) is 10.2. The fourth-order valence-corrected chi connectivity index (χ4v) is 3.36. The maximum Gasteiger partial charge on any atom is 0.220 e. The molecular weight excluding hydrogens is 280 g/mol. The van der Waals surface area contributed by atoms with E-state index < -0.39 is 0 Å². The summed E-state index contributed by atoms with van der Waals surface area (Å²) in [4.78, 5) is 14.0. The van der Waals surface area contributed by atoms with Gasteiger partial charge in [0.25, 0.3) is 0 Å². The molecule has 1 unspecified atom stereocenters. The van der Waals surface area contributed by atoms with E-state index in [-0.39, 0.29) is 5.91 Å². The van der Waals surface area contributed by atoms with E-state index in [1.807, 2.05) is 6.26 Å². The van der Waals surface area contributed by atoms with Crippen molar-refractivity contribution >= 4 is 17.7 Å². The lowest BCUT2D eigenvalue weighted by molar-refractivity contribution is -0.120. The van der Waals surface area contributed by atoms with Crippen LogP contribution in [0, 0.1) is 6.92 Å². The normalized spacial score (nSPS) is 18.9. The quantitative estimate of drug-likeness (QED) is 0.840. The van der Waals surface area contributed by atoms with Crippen molar-refractivity contribution in [1.29, 1.82) is 0 Å². The van der Waals surface area contributed by atoms with E-state index in [1.165, 1.54) is 17.5 Å². The summed E-state index contributed by atoms with van der Waals surface area (Å²) in [5.74, 6) is 1.74. The van der Waals surface area contributed by atoms with E-state index in [1.54, 1.807) is 11.8 Å². The van der Waals surface area contributed by atoms with E-state index >= 15 is 0 Å². The molecule has 0 aliphatic carbocycles. The van der Waals surface area contributed by atoms with Crippen molar-refractivity contribution in [3.63, 3.8) is 0 Å². The third kappa shape index (κ3) is 5.04. The Hall–Kier alpha value is -1.00. The van der Waals surface area contributed by atoms with Crippen molar-refractivity contribution in [3.8, 4) is 0 Å². The van der Waals surface area contributed by atoms with Crippen molar-refractivity contribution in [2.75, 3.05) is 38.2 Å². The van der Waals surface area contributed by atoms with Gasteiger partial charge in [-0.05, 0) is 43.2 Å². The highest BCUT2D eigenvalue weighted by Crippen LogP contribution is 2.28. The average Bonchev–Trinajstić information content (AvgIpc) is 2.94. The molecule has 0 saturated carbocycles. The van der Waals surface area contributed by atoms with Crippen LogP contribution in [0.4, 0.5) is 0 Å². The summed E-state index contributed by atoms with van der Waals surface area (Å²) in [6.07, 6.45) is 3.89. The number of hydrogen-bond acceptors (Lipinski definition) is 3. The second kappa shape index (κ2) is 8.44. The number of nitrogens with one attached hydrogen (secondary N) is 1. The van der Waals surface area contributed by atoms with Crippen molar-refractivity contribution in [2.24, 2.45) is 0 Å². The summed E-state index contributed by atoms with van der Waals surface area (Å²) in [6, 6.07) is 8.70. The number of amides is 1. The van der Waals surface area contributed by atoms with E-state index in [0.29, 0.717) is 12.3 Å². The Morgan fingerprint density at radius 2 is 2.24 bits per heavy atom. The van der Waals surface area contributed by atoms with E-state index in [2.05, 4.69) is 41.4 Å². The molecule has 0 spiro atoms. The van der Waals surface area contributed by atoms with Crippen LogP contribution < -0.4 is 5.32 Å². The van der Waals surface area contributed by atoms with Crippen LogP contribution in [-0.4, -0.2) is 49.0 Å². The SMILES string of the molecule is CSCCC(=O)NCCN1CCC(c2ccccc2C)C1. The lowest BCUT2D eigenvalue weighted by Crippen LogP contribution is -2.33. The Balaban J connectivity index is 1.71. The predicted molar refractivity (Wildman–Crippen MR) is 91.0 cm³/mol. The molecule has 0 bridgehead atoms. The third-order valence-corrected chi connectivity index (χ3v) is 4.80. The molecule has 1 N–H and O–H groups in total. The number of carbonyl (C=O) groups is 1. The van der Waals surface area contributed by atoms with Gasteiger partial charge in [-0.3, -0.25) is 4.79 Å². The number of rotatable bonds is 7. The van der Waals surface area contributed by atoms with Gasteiger partial charge >= 0.3 is 0 Å². The Morgan fingerprint density at radius 1 is 1.43 bits per heavy atom. The molecule has 3 nitrogen and oxygen atoms in total. The molecule has 1 saturated heterocycles. The van der Waals surface area contributed by atoms with Gasteiger partial charge in [-0.25, -0.2) is 0 Å². The molecule has 1 aromatic carbocycles. The first-order valence-corrected chi connectivity index (χ1v) is 9.13. The molecule has 1 heterocycles. The molecule has 0 radical (unpaired) electrons. The smallest absolute Gasteiger partial charge is 0.220 e. The lowest BCUT2D eigenvalue weighted by atomic mass is 9.94. The number of carbonyl (C=O) groups excluding carboxylic acids is 1. The third-order valence-electron chi connectivity index (χ3n) is 4.18. The highest BCUT2D eigenvalue weighted by Gasteiger charge is 2.24. The summed E-state index contributed by atoms with van der Waals surface area (Å²) in [5, 5.41) is 3.02. The summed E-state index contributed by atoms with van der Waals surface area (Å²) in [6.45, 7) is 6.19. The molecule has 21 heavy (non-hydrogen) atoms. The van der Waals surface area contributed by atoms with Crippen LogP contribution in [0.3, 0.4) is 0 Å². The summed E-state index contributed by atoms with van der Waals surface area (Å²) in [5.41, 5.74) is 2.89. The fraction of sp³-hybridized carbons (Fsp3) is 0.588. The number of hydrogen-bond donors (Lipinski definition) is 1. The zero-order chi connectivity index (χ0) is 15.1. The summed E-state index contributed by atoms with van der Waals surface area (Å²) in [7, 11) is 0. The topological polar surface area (TPSA) is 32.3 Å². The molecule has 2 rings (SSSR count). The van der Waals surface area contributed by atoms with Crippen LogP contribution >= 0.6 is 11.8 Å². The second-order valence-corrected chi connectivity index (χ2v) is 6.72. The van der Waals surface area contributed by atoms with Gasteiger partial charge in [-0.1, -0.05) is 24.3 Å². The van der Waals surface area contributed by atoms with Crippen LogP contribution in [-0.2, 0) is 4.79 Å². The van der Waals surface area contributed by atoms with E-state index in [0.717, 1.165) is 31.9 Å². The molecule has 116 valence electrons. The van der Waals surface area contributed by atoms with Gasteiger partial charge in [-0.15, -0.1) is 0 Å². The van der Waals surface area contributed by atoms with Gasteiger partial charge in [0.15, 0.2) is 0 Å². The second-order valence-electron chi connectivity index (χ2n) is 5.74. The van der Waals surface area contributed by atoms with Crippen molar-refractivity contribution in [2.45, 2.75) is 25.7 Å². The number of aryl methyl sites for hydroxylation is 1. The van der Waals surface area contributed by atoms with Gasteiger partial charge in [0.05, 0.1) is 0 Å². The van der Waals surface area contributed by atoms with E-state index in [4.69, 9.17) is 0 Å². The standard InChI is InChI=1S/C17H26N2OS/c1-14-5-3-4-6-16(14)15-7-10-19(13-15)11-9-18-17(20)8-12-21-2/h3-6,15H,7-13H2,1-2H3,(H,18,20).